The highest BCUT2D eigenvalue weighted by Crippen LogP contribution is 2.21. The Morgan fingerprint density at radius 3 is 2.05 bits per heavy atom. The lowest BCUT2D eigenvalue weighted by Crippen LogP contribution is -2.47. The van der Waals surface area contributed by atoms with Crippen LogP contribution in [0.3, 0.4) is 0 Å². The molecule has 0 saturated carbocycles. The van der Waals surface area contributed by atoms with E-state index >= 15 is 0 Å². The Bertz CT molecular complexity index is 393. The maximum atomic E-state index is 11.9. The van der Waals surface area contributed by atoms with Crippen molar-refractivity contribution in [1.29, 1.82) is 0 Å². The number of hydrogen-bond acceptors (Lipinski definition) is 5. The van der Waals surface area contributed by atoms with E-state index in [1.807, 2.05) is 6.26 Å². The Hall–Kier alpha value is -1.44. The molecule has 0 aliphatic rings. The molecule has 0 aromatic rings. The first-order chi connectivity index (χ1) is 9.99. The van der Waals surface area contributed by atoms with Gasteiger partial charge in [0.2, 0.25) is 0 Å². The second kappa shape index (κ2) is 8.87. The molecule has 0 aliphatic carbocycles. The molecule has 0 aromatic heterocycles. The highest BCUT2D eigenvalue weighted by Gasteiger charge is 2.37. The van der Waals surface area contributed by atoms with Crippen molar-refractivity contribution in [3.05, 3.63) is 0 Å². The van der Waals surface area contributed by atoms with Crippen LogP contribution < -0.4 is 5.32 Å². The van der Waals surface area contributed by atoms with Crippen LogP contribution in [0.5, 0.6) is 0 Å². The second-order valence-corrected chi connectivity index (χ2v) is 7.03. The zero-order valence-corrected chi connectivity index (χ0v) is 14.4. The summed E-state index contributed by atoms with van der Waals surface area (Å²) < 4.78 is 5.15. The number of thioether (sulfide) groups is 1. The van der Waals surface area contributed by atoms with Crippen LogP contribution in [0.25, 0.3) is 0 Å². The summed E-state index contributed by atoms with van der Waals surface area (Å²) in [6, 6.07) is -0.598. The molecule has 0 saturated heterocycles. The normalized spacial score (nSPS) is 14.3. The number of carboxylic acid groups (broad SMARTS) is 2. The molecule has 0 spiro atoms. The van der Waals surface area contributed by atoms with Crippen molar-refractivity contribution in [2.45, 2.75) is 45.8 Å². The molecule has 2 atom stereocenters. The van der Waals surface area contributed by atoms with Gasteiger partial charge >= 0.3 is 18.0 Å². The van der Waals surface area contributed by atoms with Crippen LogP contribution in [0.15, 0.2) is 0 Å². The van der Waals surface area contributed by atoms with E-state index in [2.05, 4.69) is 5.32 Å². The van der Waals surface area contributed by atoms with E-state index in [0.29, 0.717) is 12.2 Å². The highest BCUT2D eigenvalue weighted by molar-refractivity contribution is 7.98. The predicted molar refractivity (Wildman–Crippen MR) is 84.1 cm³/mol. The zero-order valence-electron chi connectivity index (χ0n) is 13.6. The molecule has 0 heterocycles. The number of carbonyl (C=O) groups excluding carboxylic acids is 1. The number of hydrogen-bond donors (Lipinski definition) is 3. The minimum Gasteiger partial charge on any atom is -0.481 e. The van der Waals surface area contributed by atoms with Gasteiger partial charge in [0, 0.05) is 12.0 Å². The maximum absolute atomic E-state index is 11.9. The van der Waals surface area contributed by atoms with Crippen LogP contribution in [0.2, 0.25) is 0 Å². The van der Waals surface area contributed by atoms with E-state index in [4.69, 9.17) is 14.9 Å². The van der Waals surface area contributed by atoms with Crippen molar-refractivity contribution >= 4 is 29.8 Å². The molecular weight excluding hydrogens is 310 g/mol. The lowest BCUT2D eigenvalue weighted by atomic mass is 9.86. The quantitative estimate of drug-likeness (QED) is 0.582. The minimum absolute atomic E-state index is 0.457. The summed E-state index contributed by atoms with van der Waals surface area (Å²) in [5.74, 6) is -4.52. The van der Waals surface area contributed by atoms with E-state index < -0.39 is 41.5 Å². The fraction of sp³-hybridized carbons (Fsp3) is 0.786. The first-order valence-corrected chi connectivity index (χ1v) is 8.33. The smallest absolute Gasteiger partial charge is 0.407 e. The average Bonchev–Trinajstić information content (AvgIpc) is 2.30. The summed E-state index contributed by atoms with van der Waals surface area (Å²) in [5, 5.41) is 20.8. The second-order valence-electron chi connectivity index (χ2n) is 6.05. The number of nitrogens with one attached hydrogen (secondary N) is 1. The van der Waals surface area contributed by atoms with E-state index in [1.165, 1.54) is 18.7 Å². The number of aliphatic carboxylic acids is 2. The molecule has 1 amide bonds. The fourth-order valence-corrected chi connectivity index (χ4v) is 2.45. The summed E-state index contributed by atoms with van der Waals surface area (Å²) >= 11 is 1.53. The van der Waals surface area contributed by atoms with E-state index in [-0.39, 0.29) is 0 Å². The van der Waals surface area contributed by atoms with Gasteiger partial charge in [-0.25, -0.2) is 4.79 Å². The molecular formula is C14H25NO6S. The summed E-state index contributed by atoms with van der Waals surface area (Å²) in [4.78, 5) is 34.2. The van der Waals surface area contributed by atoms with Gasteiger partial charge in [-0.3, -0.25) is 9.59 Å². The van der Waals surface area contributed by atoms with Crippen LogP contribution in [0.1, 0.15) is 34.1 Å². The van der Waals surface area contributed by atoms with Gasteiger partial charge in [-0.05, 0) is 39.2 Å². The number of alkyl carbamates (subject to hydrolysis) is 1. The van der Waals surface area contributed by atoms with E-state index in [1.54, 1.807) is 20.8 Å². The van der Waals surface area contributed by atoms with Crippen LogP contribution in [0.4, 0.5) is 4.79 Å². The molecule has 3 N–H and O–H groups in total. The van der Waals surface area contributed by atoms with Gasteiger partial charge in [0.05, 0.1) is 0 Å². The minimum atomic E-state index is -1.58. The van der Waals surface area contributed by atoms with Crippen LogP contribution >= 0.6 is 11.8 Å². The van der Waals surface area contributed by atoms with Crippen LogP contribution in [-0.2, 0) is 14.3 Å². The van der Waals surface area contributed by atoms with Gasteiger partial charge in [-0.2, -0.15) is 11.8 Å². The van der Waals surface area contributed by atoms with Gasteiger partial charge in [0.1, 0.15) is 5.60 Å². The van der Waals surface area contributed by atoms with E-state index in [9.17, 15) is 14.4 Å². The van der Waals surface area contributed by atoms with Gasteiger partial charge < -0.3 is 20.3 Å². The molecule has 2 unspecified atom stereocenters. The average molecular weight is 335 g/mol. The Morgan fingerprint density at radius 1 is 1.18 bits per heavy atom. The molecule has 0 aliphatic heterocycles. The summed E-state index contributed by atoms with van der Waals surface area (Å²) in [6.07, 6.45) is 1.65. The van der Waals surface area contributed by atoms with Crippen molar-refractivity contribution in [1.82, 2.24) is 5.32 Å². The van der Waals surface area contributed by atoms with Crippen molar-refractivity contribution in [3.63, 3.8) is 0 Å². The maximum Gasteiger partial charge on any atom is 0.407 e. The largest absolute Gasteiger partial charge is 0.481 e. The van der Waals surface area contributed by atoms with Crippen molar-refractivity contribution in [2.24, 2.45) is 11.8 Å². The molecule has 0 aromatic carbocycles. The summed E-state index contributed by atoms with van der Waals surface area (Å²) in [6.45, 7) is 6.65. The molecule has 0 rings (SSSR count). The van der Waals surface area contributed by atoms with E-state index in [0.717, 1.165) is 0 Å². The number of ether oxygens (including phenoxy) is 1. The molecule has 0 fully saturated rings. The summed E-state index contributed by atoms with van der Waals surface area (Å²) in [7, 11) is 0. The number of rotatable bonds is 8. The van der Waals surface area contributed by atoms with Gasteiger partial charge in [-0.1, -0.05) is 6.92 Å². The Kier molecular flexibility index (Phi) is 8.29. The SMILES string of the molecule is CSCCC(NC(=O)OC(C)(C)C)C(C)C(C(=O)O)C(=O)O. The lowest BCUT2D eigenvalue weighted by molar-refractivity contribution is -0.157. The third kappa shape index (κ3) is 7.53. The van der Waals surface area contributed by atoms with Gasteiger partial charge in [-0.15, -0.1) is 0 Å². The standard InChI is InChI=1S/C14H25NO6S/c1-8(10(11(16)17)12(18)19)9(6-7-22-5)15-13(20)21-14(2,3)4/h8-10H,6-7H2,1-5H3,(H,15,20)(H,16,17)(H,18,19). The Labute approximate surface area is 134 Å². The topological polar surface area (TPSA) is 113 Å². The van der Waals surface area contributed by atoms with Gasteiger partial charge in [0.25, 0.3) is 0 Å². The molecule has 0 bridgehead atoms. The first-order valence-electron chi connectivity index (χ1n) is 6.93. The zero-order chi connectivity index (χ0) is 17.5. The molecule has 128 valence electrons. The number of carboxylic acids is 2. The predicted octanol–water partition coefficient (Wildman–Crippen LogP) is 2.05. The molecule has 8 heteroatoms. The number of amides is 1. The number of carbonyl (C=O) groups is 3. The Morgan fingerprint density at radius 2 is 1.68 bits per heavy atom. The fourth-order valence-electron chi connectivity index (χ4n) is 1.96. The third-order valence-electron chi connectivity index (χ3n) is 3.03. The highest BCUT2D eigenvalue weighted by atomic mass is 32.2. The van der Waals surface area contributed by atoms with Crippen molar-refractivity contribution in [2.75, 3.05) is 12.0 Å². The van der Waals surface area contributed by atoms with Crippen LogP contribution in [-0.4, -0.2) is 51.9 Å². The molecule has 0 radical (unpaired) electrons. The molecule has 22 heavy (non-hydrogen) atoms. The van der Waals surface area contributed by atoms with Crippen molar-refractivity contribution < 1.29 is 29.3 Å². The Balaban J connectivity index is 5.06. The summed E-state index contributed by atoms with van der Waals surface area (Å²) in [5.41, 5.74) is -0.684. The van der Waals surface area contributed by atoms with Gasteiger partial charge in [0.15, 0.2) is 5.92 Å². The monoisotopic (exact) mass is 335 g/mol. The lowest BCUT2D eigenvalue weighted by Gasteiger charge is -2.29. The van der Waals surface area contributed by atoms with Crippen molar-refractivity contribution in [3.8, 4) is 0 Å². The van der Waals surface area contributed by atoms with Crippen LogP contribution in [0, 0.1) is 11.8 Å². The molecule has 7 nitrogen and oxygen atoms in total. The first kappa shape index (κ1) is 20.6. The third-order valence-corrected chi connectivity index (χ3v) is 3.67.